The van der Waals surface area contributed by atoms with Gasteiger partial charge in [0.1, 0.15) is 0 Å². The van der Waals surface area contributed by atoms with Crippen molar-refractivity contribution in [2.24, 2.45) is 0 Å². The molecular weight excluding hydrogens is 192 g/mol. The van der Waals surface area contributed by atoms with E-state index in [4.69, 9.17) is 4.74 Å². The Bertz CT molecular complexity index is 223. The van der Waals surface area contributed by atoms with E-state index in [1.165, 1.54) is 0 Å². The minimum absolute atomic E-state index is 0.0155. The van der Waals surface area contributed by atoms with Gasteiger partial charge in [-0.15, -0.1) is 0 Å². The van der Waals surface area contributed by atoms with Gasteiger partial charge in [0.2, 0.25) is 5.91 Å². The molecule has 0 saturated carbocycles. The summed E-state index contributed by atoms with van der Waals surface area (Å²) >= 11 is 0. The Kier molecular flexibility index (Phi) is 5.36. The van der Waals surface area contributed by atoms with Gasteiger partial charge in [-0.2, -0.15) is 0 Å². The Morgan fingerprint density at radius 2 is 2.20 bits per heavy atom. The summed E-state index contributed by atoms with van der Waals surface area (Å²) < 4.78 is 5.26. The lowest BCUT2D eigenvalue weighted by Gasteiger charge is -2.29. The number of carbonyl (C=O) groups is 1. The number of carbonyl (C=O) groups excluding carboxylic acids is 1. The minimum atomic E-state index is -0.0155. The number of hydrogen-bond donors (Lipinski definition) is 1. The molecule has 86 valence electrons. The fraction of sp³-hybridized carbons (Fsp3) is 0.727. The lowest BCUT2D eigenvalue weighted by Crippen LogP contribution is -2.45. The summed E-state index contributed by atoms with van der Waals surface area (Å²) in [6.45, 7) is 8.29. The van der Waals surface area contributed by atoms with E-state index in [0.29, 0.717) is 0 Å². The van der Waals surface area contributed by atoms with Crippen LogP contribution in [0.5, 0.6) is 0 Å². The summed E-state index contributed by atoms with van der Waals surface area (Å²) in [7, 11) is 0. The van der Waals surface area contributed by atoms with Crippen molar-refractivity contribution in [1.82, 2.24) is 10.2 Å². The molecule has 1 N–H and O–H groups in total. The molecule has 0 spiro atoms. The fourth-order valence-electron chi connectivity index (χ4n) is 1.66. The largest absolute Gasteiger partial charge is 0.379 e. The van der Waals surface area contributed by atoms with Crippen LogP contribution in [0.15, 0.2) is 12.2 Å². The molecule has 1 fully saturated rings. The SMILES string of the molecule is CC=CC(=O)NC(C)CN1CCOCC1. The van der Waals surface area contributed by atoms with Crippen molar-refractivity contribution in [3.63, 3.8) is 0 Å². The van der Waals surface area contributed by atoms with E-state index in [0.717, 1.165) is 32.8 Å². The molecule has 1 aliphatic rings. The van der Waals surface area contributed by atoms with Gasteiger partial charge in [0, 0.05) is 25.7 Å². The van der Waals surface area contributed by atoms with E-state index in [9.17, 15) is 4.79 Å². The highest BCUT2D eigenvalue weighted by Gasteiger charge is 2.13. The third-order valence-electron chi connectivity index (χ3n) is 2.34. The molecule has 1 amide bonds. The first-order valence-corrected chi connectivity index (χ1v) is 5.45. The highest BCUT2D eigenvalue weighted by Crippen LogP contribution is 1.98. The highest BCUT2D eigenvalue weighted by molar-refractivity contribution is 5.87. The standard InChI is InChI=1S/C11H20N2O2/c1-3-4-11(14)12-10(2)9-13-5-7-15-8-6-13/h3-4,10H,5-9H2,1-2H3,(H,12,14). The van der Waals surface area contributed by atoms with Crippen LogP contribution < -0.4 is 5.32 Å². The van der Waals surface area contributed by atoms with Crippen LogP contribution >= 0.6 is 0 Å². The third kappa shape index (κ3) is 4.95. The van der Waals surface area contributed by atoms with E-state index >= 15 is 0 Å². The molecule has 1 saturated heterocycles. The number of allylic oxidation sites excluding steroid dienone is 1. The molecule has 0 aromatic heterocycles. The average Bonchev–Trinajstić information content (AvgIpc) is 2.19. The van der Waals surface area contributed by atoms with Gasteiger partial charge in [-0.3, -0.25) is 9.69 Å². The maximum atomic E-state index is 11.3. The molecule has 0 aliphatic carbocycles. The summed E-state index contributed by atoms with van der Waals surface area (Å²) in [6.07, 6.45) is 3.30. The molecule has 0 radical (unpaired) electrons. The second-order valence-electron chi connectivity index (χ2n) is 3.82. The third-order valence-corrected chi connectivity index (χ3v) is 2.34. The summed E-state index contributed by atoms with van der Waals surface area (Å²) in [6, 6.07) is 0.187. The van der Waals surface area contributed by atoms with Gasteiger partial charge in [0.15, 0.2) is 0 Å². The lowest BCUT2D eigenvalue weighted by molar-refractivity contribution is -0.117. The molecule has 1 atom stereocenters. The number of rotatable bonds is 4. The second kappa shape index (κ2) is 6.58. The average molecular weight is 212 g/mol. The maximum absolute atomic E-state index is 11.3. The van der Waals surface area contributed by atoms with Crippen molar-refractivity contribution in [3.8, 4) is 0 Å². The fourth-order valence-corrected chi connectivity index (χ4v) is 1.66. The van der Waals surface area contributed by atoms with Crippen LogP contribution in [0.1, 0.15) is 13.8 Å². The smallest absolute Gasteiger partial charge is 0.243 e. The van der Waals surface area contributed by atoms with Crippen molar-refractivity contribution < 1.29 is 9.53 Å². The van der Waals surface area contributed by atoms with Crippen LogP contribution in [0.25, 0.3) is 0 Å². The summed E-state index contributed by atoms with van der Waals surface area (Å²) in [5.74, 6) is -0.0155. The number of nitrogens with zero attached hydrogens (tertiary/aromatic N) is 1. The van der Waals surface area contributed by atoms with E-state index in [-0.39, 0.29) is 11.9 Å². The number of morpholine rings is 1. The molecule has 1 aliphatic heterocycles. The van der Waals surface area contributed by atoms with Crippen molar-refractivity contribution in [3.05, 3.63) is 12.2 Å². The Balaban J connectivity index is 2.22. The van der Waals surface area contributed by atoms with E-state index in [1.807, 2.05) is 13.8 Å². The van der Waals surface area contributed by atoms with Crippen LogP contribution in [0.3, 0.4) is 0 Å². The molecule has 1 rings (SSSR count). The Morgan fingerprint density at radius 3 is 2.80 bits per heavy atom. The van der Waals surface area contributed by atoms with Gasteiger partial charge in [0.25, 0.3) is 0 Å². The highest BCUT2D eigenvalue weighted by atomic mass is 16.5. The summed E-state index contributed by atoms with van der Waals surface area (Å²) in [5.41, 5.74) is 0. The summed E-state index contributed by atoms with van der Waals surface area (Å²) in [5, 5.41) is 2.92. The quantitative estimate of drug-likeness (QED) is 0.686. The van der Waals surface area contributed by atoms with Crippen LogP contribution in [0, 0.1) is 0 Å². The topological polar surface area (TPSA) is 41.6 Å². The van der Waals surface area contributed by atoms with E-state index in [1.54, 1.807) is 12.2 Å². The molecule has 4 nitrogen and oxygen atoms in total. The molecule has 15 heavy (non-hydrogen) atoms. The zero-order valence-electron chi connectivity index (χ0n) is 9.53. The minimum Gasteiger partial charge on any atom is -0.379 e. The normalized spacial score (nSPS) is 20.4. The predicted octanol–water partition coefficient (Wildman–Crippen LogP) is 0.399. The van der Waals surface area contributed by atoms with E-state index < -0.39 is 0 Å². The molecule has 0 aromatic rings. The van der Waals surface area contributed by atoms with Crippen molar-refractivity contribution in [1.29, 1.82) is 0 Å². The van der Waals surface area contributed by atoms with Gasteiger partial charge < -0.3 is 10.1 Å². The number of hydrogen-bond acceptors (Lipinski definition) is 3. The second-order valence-corrected chi connectivity index (χ2v) is 3.82. The van der Waals surface area contributed by atoms with Crippen molar-refractivity contribution in [2.75, 3.05) is 32.8 Å². The monoisotopic (exact) mass is 212 g/mol. The number of ether oxygens (including phenoxy) is 1. The first kappa shape index (κ1) is 12.2. The van der Waals surface area contributed by atoms with E-state index in [2.05, 4.69) is 10.2 Å². The Hall–Kier alpha value is -0.870. The first-order chi connectivity index (χ1) is 7.22. The van der Waals surface area contributed by atoms with Gasteiger partial charge in [-0.1, -0.05) is 6.08 Å². The Morgan fingerprint density at radius 1 is 1.53 bits per heavy atom. The lowest BCUT2D eigenvalue weighted by atomic mass is 10.3. The molecular formula is C11H20N2O2. The maximum Gasteiger partial charge on any atom is 0.243 e. The van der Waals surface area contributed by atoms with Gasteiger partial charge >= 0.3 is 0 Å². The van der Waals surface area contributed by atoms with Gasteiger partial charge in [-0.05, 0) is 19.9 Å². The van der Waals surface area contributed by atoms with Crippen LogP contribution in [0.4, 0.5) is 0 Å². The number of nitrogens with one attached hydrogen (secondary N) is 1. The van der Waals surface area contributed by atoms with Crippen molar-refractivity contribution >= 4 is 5.91 Å². The molecule has 0 bridgehead atoms. The molecule has 1 unspecified atom stereocenters. The first-order valence-electron chi connectivity index (χ1n) is 5.45. The van der Waals surface area contributed by atoms with Gasteiger partial charge in [-0.25, -0.2) is 0 Å². The molecule has 1 heterocycles. The van der Waals surface area contributed by atoms with Crippen LogP contribution in [-0.2, 0) is 9.53 Å². The zero-order valence-corrected chi connectivity index (χ0v) is 9.53. The predicted molar refractivity (Wildman–Crippen MR) is 59.7 cm³/mol. The van der Waals surface area contributed by atoms with Crippen LogP contribution in [0.2, 0.25) is 0 Å². The molecule has 0 aromatic carbocycles. The van der Waals surface area contributed by atoms with Crippen molar-refractivity contribution in [2.45, 2.75) is 19.9 Å². The number of amides is 1. The zero-order chi connectivity index (χ0) is 11.1. The molecule has 4 heteroatoms. The Labute approximate surface area is 91.3 Å². The van der Waals surface area contributed by atoms with Crippen LogP contribution in [-0.4, -0.2) is 49.7 Å². The summed E-state index contributed by atoms with van der Waals surface area (Å²) in [4.78, 5) is 13.6. The van der Waals surface area contributed by atoms with Gasteiger partial charge in [0.05, 0.1) is 13.2 Å².